The summed E-state index contributed by atoms with van der Waals surface area (Å²) in [5, 5.41) is 0. The smallest absolute Gasteiger partial charge is 0.171 e. The topological polar surface area (TPSA) is 0 Å². The summed E-state index contributed by atoms with van der Waals surface area (Å²) >= 11 is 0. The maximum absolute atomic E-state index is 12.3. The minimum atomic E-state index is -4.39. The zero-order valence-corrected chi connectivity index (χ0v) is 9.25. The van der Waals surface area contributed by atoms with E-state index in [-0.39, 0.29) is 12.8 Å². The molecule has 0 aliphatic carbocycles. The molecule has 6 heteroatoms. The standard InChI is InChI=1S/C10H16F6/c1-3-7(9(11,12)13)5-6-8(4-2)10(14,15)16/h7-8H,3-6H2,1-2H3. The number of rotatable bonds is 5. The second-order valence-electron chi connectivity index (χ2n) is 3.87. The molecule has 0 rings (SSSR count). The van der Waals surface area contributed by atoms with E-state index >= 15 is 0 Å². The van der Waals surface area contributed by atoms with Crippen molar-refractivity contribution in [3.63, 3.8) is 0 Å². The molecular weight excluding hydrogens is 234 g/mol. The van der Waals surface area contributed by atoms with Crippen LogP contribution in [-0.4, -0.2) is 12.4 Å². The first-order valence-electron chi connectivity index (χ1n) is 5.26. The van der Waals surface area contributed by atoms with Crippen molar-refractivity contribution in [1.82, 2.24) is 0 Å². The lowest BCUT2D eigenvalue weighted by Gasteiger charge is -2.23. The van der Waals surface area contributed by atoms with Gasteiger partial charge in [-0.25, -0.2) is 0 Å². The molecule has 16 heavy (non-hydrogen) atoms. The van der Waals surface area contributed by atoms with Crippen LogP contribution < -0.4 is 0 Å². The maximum atomic E-state index is 12.3. The Bertz CT molecular complexity index is 170. The van der Waals surface area contributed by atoms with Crippen LogP contribution in [0, 0.1) is 11.8 Å². The van der Waals surface area contributed by atoms with Gasteiger partial charge in [0.2, 0.25) is 0 Å². The molecule has 0 N–H and O–H groups in total. The average molecular weight is 250 g/mol. The Kier molecular flexibility index (Phi) is 5.62. The first kappa shape index (κ1) is 15.6. The summed E-state index contributed by atoms with van der Waals surface area (Å²) in [5.41, 5.74) is 0. The first-order chi connectivity index (χ1) is 7.12. The first-order valence-corrected chi connectivity index (χ1v) is 5.26. The fraction of sp³-hybridized carbons (Fsp3) is 1.00. The quantitative estimate of drug-likeness (QED) is 0.606. The second kappa shape index (κ2) is 5.77. The number of halogens is 6. The van der Waals surface area contributed by atoms with Crippen LogP contribution in [-0.2, 0) is 0 Å². The fourth-order valence-electron chi connectivity index (χ4n) is 1.60. The monoisotopic (exact) mass is 250 g/mol. The van der Waals surface area contributed by atoms with Gasteiger partial charge in [0.05, 0.1) is 11.8 Å². The molecule has 98 valence electrons. The third kappa shape index (κ3) is 5.07. The van der Waals surface area contributed by atoms with Crippen LogP contribution in [0.3, 0.4) is 0 Å². The molecule has 0 heterocycles. The Labute approximate surface area is 91.0 Å². The van der Waals surface area contributed by atoms with Gasteiger partial charge in [-0.3, -0.25) is 0 Å². The van der Waals surface area contributed by atoms with E-state index in [9.17, 15) is 26.3 Å². The highest BCUT2D eigenvalue weighted by Gasteiger charge is 2.42. The zero-order chi connectivity index (χ0) is 13.0. The zero-order valence-electron chi connectivity index (χ0n) is 9.25. The van der Waals surface area contributed by atoms with E-state index in [2.05, 4.69) is 0 Å². The van der Waals surface area contributed by atoms with E-state index in [1.807, 2.05) is 0 Å². The minimum absolute atomic E-state index is 0.169. The van der Waals surface area contributed by atoms with Gasteiger partial charge in [0, 0.05) is 0 Å². The molecule has 0 aromatic rings. The van der Waals surface area contributed by atoms with Crippen molar-refractivity contribution in [2.24, 2.45) is 11.8 Å². The molecule has 0 aliphatic rings. The molecule has 0 amide bonds. The molecule has 0 saturated heterocycles. The van der Waals surface area contributed by atoms with E-state index in [1.54, 1.807) is 0 Å². The number of hydrogen-bond acceptors (Lipinski definition) is 0. The third-order valence-corrected chi connectivity index (χ3v) is 2.78. The van der Waals surface area contributed by atoms with Gasteiger partial charge in [-0.15, -0.1) is 0 Å². The van der Waals surface area contributed by atoms with E-state index < -0.39 is 37.0 Å². The molecular formula is C10H16F6. The third-order valence-electron chi connectivity index (χ3n) is 2.78. The van der Waals surface area contributed by atoms with Gasteiger partial charge in [0.25, 0.3) is 0 Å². The van der Waals surface area contributed by atoms with Crippen molar-refractivity contribution < 1.29 is 26.3 Å². The van der Waals surface area contributed by atoms with E-state index in [0.29, 0.717) is 0 Å². The Morgan fingerprint density at radius 3 is 1.06 bits per heavy atom. The highest BCUT2D eigenvalue weighted by Crippen LogP contribution is 2.37. The van der Waals surface area contributed by atoms with Crippen LogP contribution in [0.1, 0.15) is 39.5 Å². The van der Waals surface area contributed by atoms with Crippen LogP contribution in [0.5, 0.6) is 0 Å². The predicted octanol–water partition coefficient (Wildman–Crippen LogP) is 4.94. The number of hydrogen-bond donors (Lipinski definition) is 0. The minimum Gasteiger partial charge on any atom is -0.171 e. The van der Waals surface area contributed by atoms with Gasteiger partial charge in [0.1, 0.15) is 0 Å². The predicted molar refractivity (Wildman–Crippen MR) is 48.9 cm³/mol. The van der Waals surface area contributed by atoms with Crippen LogP contribution in [0.4, 0.5) is 26.3 Å². The van der Waals surface area contributed by atoms with Crippen LogP contribution in [0.2, 0.25) is 0 Å². The number of alkyl halides is 6. The summed E-state index contributed by atoms with van der Waals surface area (Å²) < 4.78 is 73.7. The Morgan fingerprint density at radius 2 is 0.938 bits per heavy atom. The molecule has 0 aromatic heterocycles. The Hall–Kier alpha value is -0.420. The lowest BCUT2D eigenvalue weighted by molar-refractivity contribution is -0.193. The second-order valence-corrected chi connectivity index (χ2v) is 3.87. The Morgan fingerprint density at radius 1 is 0.688 bits per heavy atom. The summed E-state index contributed by atoms with van der Waals surface area (Å²) in [6.45, 7) is 2.68. The summed E-state index contributed by atoms with van der Waals surface area (Å²) in [5.74, 6) is -3.24. The van der Waals surface area contributed by atoms with Crippen molar-refractivity contribution in [2.75, 3.05) is 0 Å². The molecule has 2 unspecified atom stereocenters. The molecule has 0 bridgehead atoms. The van der Waals surface area contributed by atoms with Gasteiger partial charge >= 0.3 is 12.4 Å². The highest BCUT2D eigenvalue weighted by atomic mass is 19.4. The fourth-order valence-corrected chi connectivity index (χ4v) is 1.60. The molecule has 0 spiro atoms. The average Bonchev–Trinajstić information content (AvgIpc) is 2.08. The van der Waals surface area contributed by atoms with Crippen molar-refractivity contribution in [2.45, 2.75) is 51.9 Å². The van der Waals surface area contributed by atoms with Gasteiger partial charge < -0.3 is 0 Å². The lowest BCUT2D eigenvalue weighted by atomic mass is 9.92. The van der Waals surface area contributed by atoms with Crippen LogP contribution >= 0.6 is 0 Å². The summed E-state index contributed by atoms with van der Waals surface area (Å²) in [7, 11) is 0. The molecule has 0 aromatic carbocycles. The van der Waals surface area contributed by atoms with Crippen molar-refractivity contribution in [3.05, 3.63) is 0 Å². The maximum Gasteiger partial charge on any atom is 0.391 e. The van der Waals surface area contributed by atoms with E-state index in [0.717, 1.165) is 0 Å². The molecule has 0 fully saturated rings. The van der Waals surface area contributed by atoms with Crippen LogP contribution in [0.25, 0.3) is 0 Å². The Balaban J connectivity index is 4.30. The lowest BCUT2D eigenvalue weighted by Crippen LogP contribution is -2.27. The van der Waals surface area contributed by atoms with Crippen LogP contribution in [0.15, 0.2) is 0 Å². The molecule has 0 radical (unpaired) electrons. The van der Waals surface area contributed by atoms with Gasteiger partial charge in [-0.05, 0) is 25.7 Å². The van der Waals surface area contributed by atoms with Gasteiger partial charge in [-0.2, -0.15) is 26.3 Å². The van der Waals surface area contributed by atoms with Gasteiger partial charge in [-0.1, -0.05) is 13.8 Å². The summed E-state index contributed by atoms with van der Waals surface area (Å²) in [6, 6.07) is 0. The summed E-state index contributed by atoms with van der Waals surface area (Å²) in [4.78, 5) is 0. The SMILES string of the molecule is CCC(CCC(CC)C(F)(F)F)C(F)(F)F. The van der Waals surface area contributed by atoms with Crippen molar-refractivity contribution in [3.8, 4) is 0 Å². The highest BCUT2D eigenvalue weighted by molar-refractivity contribution is 4.72. The van der Waals surface area contributed by atoms with Crippen molar-refractivity contribution >= 4 is 0 Å². The molecule has 0 saturated carbocycles. The van der Waals surface area contributed by atoms with Gasteiger partial charge in [0.15, 0.2) is 0 Å². The summed E-state index contributed by atoms with van der Waals surface area (Å²) in [6.07, 6.45) is -10.0. The van der Waals surface area contributed by atoms with E-state index in [4.69, 9.17) is 0 Å². The van der Waals surface area contributed by atoms with E-state index in [1.165, 1.54) is 13.8 Å². The molecule has 0 aliphatic heterocycles. The van der Waals surface area contributed by atoms with Crippen molar-refractivity contribution in [1.29, 1.82) is 0 Å². The molecule has 2 atom stereocenters. The normalized spacial score (nSPS) is 17.2. The largest absolute Gasteiger partial charge is 0.391 e. The molecule has 0 nitrogen and oxygen atoms in total.